The molecule has 0 aliphatic carbocycles. The number of ether oxygens (including phenoxy) is 2. The molecule has 1 saturated heterocycles. The summed E-state index contributed by atoms with van der Waals surface area (Å²) in [5.74, 6) is 0.463. The number of nitrogens with one attached hydrogen (secondary N) is 2. The zero-order valence-corrected chi connectivity index (χ0v) is 16.3. The van der Waals surface area contributed by atoms with E-state index in [2.05, 4.69) is 22.1 Å². The lowest BCUT2D eigenvalue weighted by Crippen LogP contribution is -2.46. The highest BCUT2D eigenvalue weighted by Crippen LogP contribution is 2.36. The van der Waals surface area contributed by atoms with Gasteiger partial charge >= 0.3 is 5.97 Å². The van der Waals surface area contributed by atoms with Crippen molar-refractivity contribution in [3.05, 3.63) is 23.9 Å². The number of likely N-dealkylation sites (tertiary alicyclic amines) is 1. The van der Waals surface area contributed by atoms with E-state index < -0.39 is 5.97 Å². The first-order valence-electron chi connectivity index (χ1n) is 9.28. The quantitative estimate of drug-likeness (QED) is 0.787. The second-order valence-electron chi connectivity index (χ2n) is 7.16. The Balaban J connectivity index is 1.94. The summed E-state index contributed by atoms with van der Waals surface area (Å²) in [6.07, 6.45) is 2.28. The highest BCUT2D eigenvalue weighted by atomic mass is 16.5. The lowest BCUT2D eigenvalue weighted by molar-refractivity contribution is -0.121. The third-order valence-corrected chi connectivity index (χ3v) is 5.26. The van der Waals surface area contributed by atoms with E-state index in [0.29, 0.717) is 28.3 Å². The average Bonchev–Trinajstić information content (AvgIpc) is 3.05. The summed E-state index contributed by atoms with van der Waals surface area (Å²) in [6.45, 7) is 5.91. The number of anilines is 1. The van der Waals surface area contributed by atoms with Crippen LogP contribution in [0.2, 0.25) is 0 Å². The highest BCUT2D eigenvalue weighted by Gasteiger charge is 2.28. The van der Waals surface area contributed by atoms with Gasteiger partial charge < -0.3 is 19.8 Å². The number of hydrogen-bond acceptors (Lipinski definition) is 5. The predicted molar refractivity (Wildman–Crippen MR) is 104 cm³/mol. The van der Waals surface area contributed by atoms with Crippen LogP contribution in [0.15, 0.2) is 18.2 Å². The lowest BCUT2D eigenvalue weighted by Gasteiger charge is -2.34. The molecular formula is C20H27N3O4. The van der Waals surface area contributed by atoms with Crippen molar-refractivity contribution in [2.75, 3.05) is 32.6 Å². The van der Waals surface area contributed by atoms with Crippen molar-refractivity contribution in [3.8, 4) is 5.75 Å². The van der Waals surface area contributed by atoms with E-state index >= 15 is 0 Å². The van der Waals surface area contributed by atoms with Crippen molar-refractivity contribution in [1.82, 2.24) is 9.88 Å². The van der Waals surface area contributed by atoms with Crippen molar-refractivity contribution < 1.29 is 19.1 Å². The fourth-order valence-corrected chi connectivity index (χ4v) is 3.74. The molecule has 7 heteroatoms. The van der Waals surface area contributed by atoms with Crippen LogP contribution in [-0.2, 0) is 9.53 Å². The SMILES string of the molecule is COC(=O)c1[nH]c2cccc(OC)c2c1NC(=O)[C@@H](C)N1CCC[C@@H](C)C1. The molecule has 0 radical (unpaired) electrons. The number of nitrogens with zero attached hydrogens (tertiary/aromatic N) is 1. The van der Waals surface area contributed by atoms with Gasteiger partial charge in [0.2, 0.25) is 5.91 Å². The Morgan fingerprint density at radius 3 is 2.78 bits per heavy atom. The fraction of sp³-hybridized carbons (Fsp3) is 0.500. The predicted octanol–water partition coefficient (Wildman–Crippen LogP) is 3.02. The summed E-state index contributed by atoms with van der Waals surface area (Å²) in [6, 6.07) is 5.15. The zero-order valence-electron chi connectivity index (χ0n) is 16.3. The second-order valence-corrected chi connectivity index (χ2v) is 7.16. The van der Waals surface area contributed by atoms with Crippen LogP contribution in [0.3, 0.4) is 0 Å². The van der Waals surface area contributed by atoms with Gasteiger partial charge in [-0.1, -0.05) is 13.0 Å². The summed E-state index contributed by atoms with van der Waals surface area (Å²) in [7, 11) is 2.87. The number of carbonyl (C=O) groups excluding carboxylic acids is 2. The van der Waals surface area contributed by atoms with Gasteiger partial charge in [-0.2, -0.15) is 0 Å². The van der Waals surface area contributed by atoms with E-state index in [-0.39, 0.29) is 17.6 Å². The van der Waals surface area contributed by atoms with Crippen molar-refractivity contribution in [3.63, 3.8) is 0 Å². The number of aromatic amines is 1. The number of esters is 1. The maximum Gasteiger partial charge on any atom is 0.356 e. The average molecular weight is 373 g/mol. The minimum atomic E-state index is -0.539. The molecule has 27 heavy (non-hydrogen) atoms. The molecule has 1 aromatic heterocycles. The largest absolute Gasteiger partial charge is 0.496 e. The number of carbonyl (C=O) groups is 2. The highest BCUT2D eigenvalue weighted by molar-refractivity contribution is 6.13. The van der Waals surface area contributed by atoms with Crippen LogP contribution in [0.4, 0.5) is 5.69 Å². The second kappa shape index (κ2) is 8.00. The molecule has 1 amide bonds. The number of aromatic nitrogens is 1. The molecule has 1 fully saturated rings. The molecule has 3 rings (SSSR count). The molecule has 0 spiro atoms. The number of rotatable bonds is 5. The van der Waals surface area contributed by atoms with E-state index in [0.717, 1.165) is 19.5 Å². The Labute approximate surface area is 159 Å². The van der Waals surface area contributed by atoms with Gasteiger partial charge in [0.1, 0.15) is 11.4 Å². The molecule has 146 valence electrons. The van der Waals surface area contributed by atoms with Crippen molar-refractivity contribution in [2.24, 2.45) is 5.92 Å². The number of methoxy groups -OCH3 is 2. The number of H-pyrrole nitrogens is 1. The molecule has 2 heterocycles. The molecule has 0 unspecified atom stereocenters. The first kappa shape index (κ1) is 19.2. The normalized spacial score (nSPS) is 18.9. The monoisotopic (exact) mass is 373 g/mol. The maximum atomic E-state index is 13.0. The Hall–Kier alpha value is -2.54. The summed E-state index contributed by atoms with van der Waals surface area (Å²) in [4.78, 5) is 30.4. The van der Waals surface area contributed by atoms with Gasteiger partial charge in [0.25, 0.3) is 0 Å². The Morgan fingerprint density at radius 2 is 2.11 bits per heavy atom. The summed E-state index contributed by atoms with van der Waals surface area (Å²) in [5, 5.41) is 3.60. The number of hydrogen-bond donors (Lipinski definition) is 2. The molecule has 1 aliphatic heterocycles. The fourth-order valence-electron chi connectivity index (χ4n) is 3.74. The van der Waals surface area contributed by atoms with Gasteiger partial charge in [0, 0.05) is 6.54 Å². The minimum absolute atomic E-state index is 0.152. The molecule has 2 aromatic rings. The van der Waals surface area contributed by atoms with Gasteiger partial charge in [0.05, 0.1) is 36.9 Å². The van der Waals surface area contributed by atoms with Crippen LogP contribution in [0.5, 0.6) is 5.75 Å². The van der Waals surface area contributed by atoms with Crippen LogP contribution in [-0.4, -0.2) is 55.1 Å². The van der Waals surface area contributed by atoms with Crippen LogP contribution in [0, 0.1) is 5.92 Å². The maximum absolute atomic E-state index is 13.0. The minimum Gasteiger partial charge on any atom is -0.496 e. The first-order chi connectivity index (χ1) is 13.0. The Kier molecular flexibility index (Phi) is 5.70. The van der Waals surface area contributed by atoms with Gasteiger partial charge in [-0.15, -0.1) is 0 Å². The molecular weight excluding hydrogens is 346 g/mol. The van der Waals surface area contributed by atoms with E-state index in [4.69, 9.17) is 9.47 Å². The summed E-state index contributed by atoms with van der Waals surface area (Å²) >= 11 is 0. The van der Waals surface area contributed by atoms with Crippen molar-refractivity contribution in [2.45, 2.75) is 32.7 Å². The third-order valence-electron chi connectivity index (χ3n) is 5.26. The summed E-state index contributed by atoms with van der Waals surface area (Å²) in [5.41, 5.74) is 1.31. The van der Waals surface area contributed by atoms with Gasteiger partial charge in [-0.3, -0.25) is 9.69 Å². The van der Waals surface area contributed by atoms with E-state index in [1.807, 2.05) is 19.1 Å². The summed E-state index contributed by atoms with van der Waals surface area (Å²) < 4.78 is 10.3. The Morgan fingerprint density at radius 1 is 1.33 bits per heavy atom. The molecule has 1 aliphatic rings. The van der Waals surface area contributed by atoms with E-state index in [1.165, 1.54) is 13.5 Å². The van der Waals surface area contributed by atoms with Crippen molar-refractivity contribution in [1.29, 1.82) is 0 Å². The Bertz CT molecular complexity index is 845. The molecule has 2 atom stereocenters. The third kappa shape index (κ3) is 3.78. The zero-order chi connectivity index (χ0) is 19.6. The van der Waals surface area contributed by atoms with Gasteiger partial charge in [0.15, 0.2) is 0 Å². The van der Waals surface area contributed by atoms with Gasteiger partial charge in [-0.05, 0) is 44.4 Å². The topological polar surface area (TPSA) is 83.7 Å². The van der Waals surface area contributed by atoms with Crippen LogP contribution in [0.25, 0.3) is 10.9 Å². The van der Waals surface area contributed by atoms with Crippen LogP contribution >= 0.6 is 0 Å². The number of fused-ring (bicyclic) bond motifs is 1. The van der Waals surface area contributed by atoms with Gasteiger partial charge in [-0.25, -0.2) is 4.79 Å². The van der Waals surface area contributed by atoms with E-state index in [1.54, 1.807) is 13.2 Å². The van der Waals surface area contributed by atoms with Crippen LogP contribution < -0.4 is 10.1 Å². The number of benzene rings is 1. The number of piperidine rings is 1. The number of amides is 1. The van der Waals surface area contributed by atoms with Crippen LogP contribution in [0.1, 0.15) is 37.2 Å². The molecule has 7 nitrogen and oxygen atoms in total. The molecule has 0 bridgehead atoms. The van der Waals surface area contributed by atoms with Crippen molar-refractivity contribution >= 4 is 28.5 Å². The smallest absolute Gasteiger partial charge is 0.356 e. The first-order valence-corrected chi connectivity index (χ1v) is 9.28. The lowest BCUT2D eigenvalue weighted by atomic mass is 9.99. The standard InChI is InChI=1S/C20H27N3O4/c1-12-7-6-10-23(11-12)13(2)19(24)22-17-16-14(8-5-9-15(16)26-3)21-18(17)20(25)27-4/h5,8-9,12-13,21H,6-7,10-11H2,1-4H3,(H,22,24)/t12-,13-/m1/s1. The van der Waals surface area contributed by atoms with E-state index in [9.17, 15) is 9.59 Å². The molecule has 1 aromatic carbocycles. The molecule has 2 N–H and O–H groups in total. The molecule has 0 saturated carbocycles.